The van der Waals surface area contributed by atoms with Gasteiger partial charge in [0.05, 0.1) is 17.3 Å². The van der Waals surface area contributed by atoms with Crippen molar-refractivity contribution in [3.05, 3.63) is 40.4 Å². The number of carbonyl (C=O) groups is 1. The summed E-state index contributed by atoms with van der Waals surface area (Å²) in [6.45, 7) is 2.60. The average Bonchev–Trinajstić information content (AvgIpc) is 2.45. The first-order valence-electron chi connectivity index (χ1n) is 6.33. The van der Waals surface area contributed by atoms with Crippen LogP contribution in [0, 0.1) is 10.1 Å². The third-order valence-electron chi connectivity index (χ3n) is 3.08. The third kappa shape index (κ3) is 4.01. The number of nitrogens with zero attached hydrogens (tertiary/aromatic N) is 1. The molecule has 0 heterocycles. The highest BCUT2D eigenvalue weighted by Crippen LogP contribution is 2.21. The van der Waals surface area contributed by atoms with E-state index in [-0.39, 0.29) is 11.5 Å². The molecule has 21 heavy (non-hydrogen) atoms. The van der Waals surface area contributed by atoms with Crippen LogP contribution in [0.1, 0.15) is 20.3 Å². The molecule has 0 aliphatic rings. The number of sulfone groups is 1. The molecule has 116 valence electrons. The molecular weight excluding hydrogens is 298 g/mol. The minimum absolute atomic E-state index is 0.00625. The van der Waals surface area contributed by atoms with Gasteiger partial charge in [0.15, 0.2) is 9.84 Å². The number of ether oxygens (including phenoxy) is 1. The Morgan fingerprint density at radius 1 is 1.33 bits per heavy atom. The molecule has 0 bridgehead atoms. The van der Waals surface area contributed by atoms with Gasteiger partial charge in [0.25, 0.3) is 0 Å². The van der Waals surface area contributed by atoms with Crippen LogP contribution in [-0.2, 0) is 19.4 Å². The van der Waals surface area contributed by atoms with E-state index < -0.39 is 38.4 Å². The molecule has 1 aromatic carbocycles. The Morgan fingerprint density at radius 3 is 2.38 bits per heavy atom. The Morgan fingerprint density at radius 2 is 1.90 bits per heavy atom. The lowest BCUT2D eigenvalue weighted by Gasteiger charge is -2.18. The minimum atomic E-state index is -3.69. The van der Waals surface area contributed by atoms with Gasteiger partial charge in [0.2, 0.25) is 0 Å². The van der Waals surface area contributed by atoms with Gasteiger partial charge in [0, 0.05) is 18.3 Å². The van der Waals surface area contributed by atoms with E-state index in [1.807, 2.05) is 0 Å². The molecule has 1 atom stereocenters. The van der Waals surface area contributed by atoms with Crippen LogP contribution in [0.2, 0.25) is 0 Å². The quantitative estimate of drug-likeness (QED) is 0.428. The summed E-state index contributed by atoms with van der Waals surface area (Å²) >= 11 is 0. The van der Waals surface area contributed by atoms with E-state index in [9.17, 15) is 23.3 Å². The topological polar surface area (TPSA) is 104 Å². The number of hydrogen-bond donors (Lipinski definition) is 0. The number of carbonyl (C=O) groups excluding carboxylic acids is 1. The molecule has 1 rings (SSSR count). The molecule has 0 fully saturated rings. The molecule has 0 saturated heterocycles. The lowest BCUT2D eigenvalue weighted by atomic mass is 10.0. The van der Waals surface area contributed by atoms with E-state index >= 15 is 0 Å². The monoisotopic (exact) mass is 315 g/mol. The maximum absolute atomic E-state index is 12.1. The smallest absolute Gasteiger partial charge is 0.384 e. The van der Waals surface area contributed by atoms with Crippen LogP contribution in [0.4, 0.5) is 0 Å². The zero-order valence-corrected chi connectivity index (χ0v) is 12.6. The van der Waals surface area contributed by atoms with E-state index in [1.165, 1.54) is 19.1 Å². The van der Waals surface area contributed by atoms with Crippen molar-refractivity contribution in [1.29, 1.82) is 0 Å². The van der Waals surface area contributed by atoms with Gasteiger partial charge in [-0.1, -0.05) is 18.2 Å². The predicted octanol–water partition coefficient (Wildman–Crippen LogP) is 1.45. The second-order valence-corrected chi connectivity index (χ2v) is 6.74. The fourth-order valence-corrected chi connectivity index (χ4v) is 3.11. The Labute approximate surface area is 123 Å². The minimum Gasteiger partial charge on any atom is -0.461 e. The number of nitro groups is 1. The van der Waals surface area contributed by atoms with Gasteiger partial charge in [-0.15, -0.1) is 0 Å². The molecule has 1 aromatic rings. The van der Waals surface area contributed by atoms with Crippen molar-refractivity contribution in [2.75, 3.05) is 12.4 Å². The number of esters is 1. The molecule has 0 N–H and O–H groups in total. The van der Waals surface area contributed by atoms with Crippen LogP contribution >= 0.6 is 0 Å². The van der Waals surface area contributed by atoms with Crippen molar-refractivity contribution in [2.24, 2.45) is 0 Å². The number of hydrogen-bond acceptors (Lipinski definition) is 6. The fraction of sp³-hybridized carbons (Fsp3) is 0.462. The Bertz CT molecular complexity index is 613. The standard InChI is InChI=1S/C13H17NO6S/c1-3-20-12(15)13(2,14(16)17)9-10-21(18,19)11-7-5-4-6-8-11/h4-8H,3,9-10H2,1-2H3. The second-order valence-electron chi connectivity index (χ2n) is 4.63. The van der Waals surface area contributed by atoms with Crippen LogP contribution in [0.5, 0.6) is 0 Å². The van der Waals surface area contributed by atoms with Gasteiger partial charge in [0.1, 0.15) is 0 Å². The van der Waals surface area contributed by atoms with Gasteiger partial charge < -0.3 is 4.74 Å². The first-order valence-corrected chi connectivity index (χ1v) is 7.99. The summed E-state index contributed by atoms with van der Waals surface area (Å²) in [6.07, 6.45) is -0.448. The molecule has 0 aliphatic carbocycles. The van der Waals surface area contributed by atoms with Crippen molar-refractivity contribution in [1.82, 2.24) is 0 Å². The average molecular weight is 315 g/mol. The summed E-state index contributed by atoms with van der Waals surface area (Å²) < 4.78 is 28.9. The second kappa shape index (κ2) is 6.66. The zero-order valence-electron chi connectivity index (χ0n) is 11.8. The largest absolute Gasteiger partial charge is 0.461 e. The van der Waals surface area contributed by atoms with Gasteiger partial charge in [-0.2, -0.15) is 0 Å². The highest BCUT2D eigenvalue weighted by molar-refractivity contribution is 7.91. The summed E-state index contributed by atoms with van der Waals surface area (Å²) in [5, 5.41) is 11.1. The van der Waals surface area contributed by atoms with Gasteiger partial charge >= 0.3 is 11.5 Å². The number of rotatable bonds is 7. The lowest BCUT2D eigenvalue weighted by Crippen LogP contribution is -2.46. The molecular formula is C13H17NO6S. The van der Waals surface area contributed by atoms with E-state index in [1.54, 1.807) is 18.2 Å². The summed E-state index contributed by atoms with van der Waals surface area (Å²) in [5.74, 6) is -1.54. The van der Waals surface area contributed by atoms with E-state index in [0.717, 1.165) is 6.92 Å². The molecule has 0 aromatic heterocycles. The number of benzene rings is 1. The first-order chi connectivity index (χ1) is 9.74. The predicted molar refractivity (Wildman–Crippen MR) is 75.1 cm³/mol. The molecule has 8 heteroatoms. The van der Waals surface area contributed by atoms with Crippen LogP contribution < -0.4 is 0 Å². The van der Waals surface area contributed by atoms with Crippen molar-refractivity contribution in [3.8, 4) is 0 Å². The van der Waals surface area contributed by atoms with Crippen LogP contribution in [0.15, 0.2) is 35.2 Å². The molecule has 0 aliphatic heterocycles. The maximum Gasteiger partial charge on any atom is 0.384 e. The van der Waals surface area contributed by atoms with Crippen molar-refractivity contribution in [2.45, 2.75) is 30.7 Å². The Hall–Kier alpha value is -1.96. The third-order valence-corrected chi connectivity index (χ3v) is 4.81. The first kappa shape index (κ1) is 17.1. The van der Waals surface area contributed by atoms with Crippen molar-refractivity contribution >= 4 is 15.8 Å². The van der Waals surface area contributed by atoms with Crippen LogP contribution in [0.25, 0.3) is 0 Å². The Kier molecular flexibility index (Phi) is 5.42. The van der Waals surface area contributed by atoms with Gasteiger partial charge in [-0.25, -0.2) is 13.2 Å². The van der Waals surface area contributed by atoms with Crippen molar-refractivity contribution < 1.29 is 22.9 Å². The SMILES string of the molecule is CCOC(=O)C(C)(CCS(=O)(=O)c1ccccc1)[N+](=O)[O-]. The summed E-state index contributed by atoms with van der Waals surface area (Å²) in [6, 6.07) is 7.60. The van der Waals surface area contributed by atoms with E-state index in [4.69, 9.17) is 0 Å². The summed E-state index contributed by atoms with van der Waals surface area (Å²) in [5.41, 5.74) is -2.07. The molecule has 7 nitrogen and oxygen atoms in total. The summed E-state index contributed by atoms with van der Waals surface area (Å²) in [7, 11) is -3.69. The molecule has 0 spiro atoms. The molecule has 1 unspecified atom stereocenters. The van der Waals surface area contributed by atoms with Gasteiger partial charge in [-0.3, -0.25) is 10.1 Å². The normalized spacial score (nSPS) is 14.2. The van der Waals surface area contributed by atoms with Crippen LogP contribution in [0.3, 0.4) is 0 Å². The fourth-order valence-electron chi connectivity index (χ4n) is 1.63. The molecule has 0 amide bonds. The Balaban J connectivity index is 2.93. The zero-order chi connectivity index (χ0) is 16.1. The highest BCUT2D eigenvalue weighted by Gasteiger charge is 2.48. The van der Waals surface area contributed by atoms with Gasteiger partial charge in [-0.05, 0) is 19.1 Å². The maximum atomic E-state index is 12.1. The molecule has 0 saturated carbocycles. The highest BCUT2D eigenvalue weighted by atomic mass is 32.2. The molecule has 0 radical (unpaired) electrons. The summed E-state index contributed by atoms with van der Waals surface area (Å²) in [4.78, 5) is 22.1. The lowest BCUT2D eigenvalue weighted by molar-refractivity contribution is -0.551. The van der Waals surface area contributed by atoms with Crippen molar-refractivity contribution in [3.63, 3.8) is 0 Å². The van der Waals surface area contributed by atoms with E-state index in [2.05, 4.69) is 4.74 Å². The van der Waals surface area contributed by atoms with E-state index in [0.29, 0.717) is 0 Å². The van der Waals surface area contributed by atoms with Crippen LogP contribution in [-0.4, -0.2) is 37.2 Å².